The highest BCUT2D eigenvalue weighted by Crippen LogP contribution is 2.35. The van der Waals surface area contributed by atoms with Gasteiger partial charge in [-0.1, -0.05) is 29.4 Å². The van der Waals surface area contributed by atoms with Gasteiger partial charge in [-0.05, 0) is 37.6 Å². The van der Waals surface area contributed by atoms with Crippen molar-refractivity contribution in [2.45, 2.75) is 22.6 Å². The summed E-state index contributed by atoms with van der Waals surface area (Å²) in [6.45, 7) is 2.64. The van der Waals surface area contributed by atoms with E-state index in [4.69, 9.17) is 17.3 Å². The molecule has 0 spiro atoms. The lowest BCUT2D eigenvalue weighted by Crippen LogP contribution is -2.02. The number of halogens is 1. The minimum absolute atomic E-state index is 0.647. The Balaban J connectivity index is 2.16. The maximum atomic E-state index is 6.24. The monoisotopic (exact) mass is 284 g/mol. The average Bonchev–Trinajstić information content (AvgIpc) is 2.69. The molecule has 0 aliphatic rings. The molecule has 1 heterocycles. The molecule has 2 nitrogen and oxygen atoms in total. The second kappa shape index (κ2) is 5.87. The molecule has 0 aliphatic heterocycles. The van der Waals surface area contributed by atoms with E-state index in [0.717, 1.165) is 26.4 Å². The number of nitrogens with two attached hydrogens (primary N) is 1. The van der Waals surface area contributed by atoms with Crippen LogP contribution in [0.15, 0.2) is 32.8 Å². The molecule has 0 saturated carbocycles. The zero-order chi connectivity index (χ0) is 12.3. The van der Waals surface area contributed by atoms with Crippen molar-refractivity contribution < 1.29 is 0 Å². The standard InChI is InChI=1S/C12H13ClN2S2/c1-8-7-16-12(15-8)17-11-3-2-9(4-5-14)6-10(11)13/h2-3,6-7H,4-5,14H2,1H3. The molecule has 2 aromatic rings. The fourth-order valence-electron chi connectivity index (χ4n) is 1.42. The fourth-order valence-corrected chi connectivity index (χ4v) is 3.54. The van der Waals surface area contributed by atoms with Crippen molar-refractivity contribution in [3.05, 3.63) is 39.9 Å². The highest BCUT2D eigenvalue weighted by Gasteiger charge is 2.06. The molecule has 0 bridgehead atoms. The van der Waals surface area contributed by atoms with Gasteiger partial charge >= 0.3 is 0 Å². The fraction of sp³-hybridized carbons (Fsp3) is 0.250. The van der Waals surface area contributed by atoms with Crippen molar-refractivity contribution in [3.8, 4) is 0 Å². The van der Waals surface area contributed by atoms with Crippen LogP contribution in [0, 0.1) is 6.92 Å². The van der Waals surface area contributed by atoms with E-state index in [1.807, 2.05) is 24.4 Å². The summed E-state index contributed by atoms with van der Waals surface area (Å²) in [5.41, 5.74) is 7.75. The Hall–Kier alpha value is -0.550. The summed E-state index contributed by atoms with van der Waals surface area (Å²) in [7, 11) is 0. The summed E-state index contributed by atoms with van der Waals surface area (Å²) in [5, 5.41) is 2.81. The minimum atomic E-state index is 0.647. The molecule has 0 radical (unpaired) electrons. The van der Waals surface area contributed by atoms with Crippen LogP contribution >= 0.6 is 34.7 Å². The smallest absolute Gasteiger partial charge is 0.154 e. The van der Waals surface area contributed by atoms with Crippen LogP contribution in [0.4, 0.5) is 0 Å². The molecule has 90 valence electrons. The minimum Gasteiger partial charge on any atom is -0.330 e. The third-order valence-corrected chi connectivity index (χ3v) is 4.78. The zero-order valence-electron chi connectivity index (χ0n) is 9.44. The van der Waals surface area contributed by atoms with Gasteiger partial charge in [0.2, 0.25) is 0 Å². The van der Waals surface area contributed by atoms with Crippen molar-refractivity contribution >= 4 is 34.7 Å². The van der Waals surface area contributed by atoms with Crippen molar-refractivity contribution in [1.82, 2.24) is 4.98 Å². The number of benzene rings is 1. The normalized spacial score (nSPS) is 10.8. The molecule has 2 rings (SSSR count). The van der Waals surface area contributed by atoms with Crippen LogP contribution in [0.25, 0.3) is 0 Å². The van der Waals surface area contributed by atoms with Gasteiger partial charge in [-0.3, -0.25) is 0 Å². The highest BCUT2D eigenvalue weighted by molar-refractivity contribution is 8.01. The summed E-state index contributed by atoms with van der Waals surface area (Å²) in [5.74, 6) is 0. The molecule has 0 saturated heterocycles. The summed E-state index contributed by atoms with van der Waals surface area (Å²) >= 11 is 9.48. The molecule has 1 aromatic heterocycles. The van der Waals surface area contributed by atoms with Gasteiger partial charge in [0, 0.05) is 16.0 Å². The summed E-state index contributed by atoms with van der Waals surface area (Å²) in [6, 6.07) is 6.09. The Morgan fingerprint density at radius 3 is 2.88 bits per heavy atom. The van der Waals surface area contributed by atoms with Crippen LogP contribution in [0.5, 0.6) is 0 Å². The van der Waals surface area contributed by atoms with Crippen molar-refractivity contribution in [3.63, 3.8) is 0 Å². The number of rotatable bonds is 4. The van der Waals surface area contributed by atoms with Crippen molar-refractivity contribution in [2.75, 3.05) is 6.54 Å². The lowest BCUT2D eigenvalue weighted by molar-refractivity contribution is 0.966. The van der Waals surface area contributed by atoms with Gasteiger partial charge in [-0.2, -0.15) is 0 Å². The van der Waals surface area contributed by atoms with E-state index in [-0.39, 0.29) is 0 Å². The van der Waals surface area contributed by atoms with Gasteiger partial charge in [0.25, 0.3) is 0 Å². The molecule has 0 unspecified atom stereocenters. The van der Waals surface area contributed by atoms with Crippen LogP contribution in [-0.4, -0.2) is 11.5 Å². The third kappa shape index (κ3) is 3.45. The molecule has 5 heteroatoms. The Bertz CT molecular complexity index is 511. The molecule has 0 aliphatic carbocycles. The van der Waals surface area contributed by atoms with Gasteiger partial charge in [-0.15, -0.1) is 11.3 Å². The largest absolute Gasteiger partial charge is 0.330 e. The Morgan fingerprint density at radius 1 is 1.47 bits per heavy atom. The second-order valence-corrected chi connectivity index (χ2v) is 6.21. The highest BCUT2D eigenvalue weighted by atomic mass is 35.5. The molecule has 2 N–H and O–H groups in total. The number of thiazole rings is 1. The molecule has 1 aromatic carbocycles. The quantitative estimate of drug-likeness (QED) is 0.929. The van der Waals surface area contributed by atoms with Gasteiger partial charge < -0.3 is 5.73 Å². The lowest BCUT2D eigenvalue weighted by Gasteiger charge is -2.04. The Morgan fingerprint density at radius 2 is 2.29 bits per heavy atom. The maximum Gasteiger partial charge on any atom is 0.154 e. The topological polar surface area (TPSA) is 38.9 Å². The number of hydrogen-bond acceptors (Lipinski definition) is 4. The number of nitrogens with zero attached hydrogens (tertiary/aromatic N) is 1. The number of aromatic nitrogens is 1. The van der Waals surface area contributed by atoms with E-state index in [2.05, 4.69) is 11.1 Å². The predicted octanol–water partition coefficient (Wildman–Crippen LogP) is 3.76. The first-order valence-corrected chi connectivity index (χ1v) is 7.35. The van der Waals surface area contributed by atoms with E-state index < -0.39 is 0 Å². The lowest BCUT2D eigenvalue weighted by atomic mass is 10.1. The first-order chi connectivity index (χ1) is 8.19. The third-order valence-electron chi connectivity index (χ3n) is 2.22. The van der Waals surface area contributed by atoms with Crippen LogP contribution < -0.4 is 5.73 Å². The van der Waals surface area contributed by atoms with Gasteiger partial charge in [-0.25, -0.2) is 4.98 Å². The van der Waals surface area contributed by atoms with E-state index in [1.165, 1.54) is 5.56 Å². The van der Waals surface area contributed by atoms with Gasteiger partial charge in [0.05, 0.1) is 5.02 Å². The molecular formula is C12H13ClN2S2. The molecule has 17 heavy (non-hydrogen) atoms. The van der Waals surface area contributed by atoms with E-state index in [0.29, 0.717) is 6.54 Å². The van der Waals surface area contributed by atoms with Crippen LogP contribution in [0.1, 0.15) is 11.3 Å². The first kappa shape index (κ1) is 12.9. The van der Waals surface area contributed by atoms with E-state index in [1.54, 1.807) is 23.1 Å². The molecule has 0 atom stereocenters. The Kier molecular flexibility index (Phi) is 4.45. The number of aryl methyl sites for hydroxylation is 1. The van der Waals surface area contributed by atoms with Crippen molar-refractivity contribution in [2.24, 2.45) is 5.73 Å². The second-order valence-electron chi connectivity index (χ2n) is 3.66. The molecular weight excluding hydrogens is 272 g/mol. The van der Waals surface area contributed by atoms with Crippen LogP contribution in [0.3, 0.4) is 0 Å². The summed E-state index contributed by atoms with van der Waals surface area (Å²) in [6.07, 6.45) is 0.862. The van der Waals surface area contributed by atoms with E-state index in [9.17, 15) is 0 Å². The van der Waals surface area contributed by atoms with Crippen LogP contribution in [-0.2, 0) is 6.42 Å². The average molecular weight is 285 g/mol. The van der Waals surface area contributed by atoms with Crippen LogP contribution in [0.2, 0.25) is 5.02 Å². The molecule has 0 amide bonds. The first-order valence-electron chi connectivity index (χ1n) is 5.27. The zero-order valence-corrected chi connectivity index (χ0v) is 11.8. The SMILES string of the molecule is Cc1csc(Sc2ccc(CCN)cc2Cl)n1. The predicted molar refractivity (Wildman–Crippen MR) is 75.2 cm³/mol. The molecule has 0 fully saturated rings. The van der Waals surface area contributed by atoms with Gasteiger partial charge in [0.1, 0.15) is 0 Å². The number of hydrogen-bond donors (Lipinski definition) is 1. The maximum absolute atomic E-state index is 6.24. The van der Waals surface area contributed by atoms with E-state index >= 15 is 0 Å². The Labute approximate surface area is 114 Å². The summed E-state index contributed by atoms with van der Waals surface area (Å²) < 4.78 is 1.02. The van der Waals surface area contributed by atoms with Gasteiger partial charge in [0.15, 0.2) is 4.34 Å². The van der Waals surface area contributed by atoms with Crippen molar-refractivity contribution in [1.29, 1.82) is 0 Å². The summed E-state index contributed by atoms with van der Waals surface area (Å²) in [4.78, 5) is 5.45.